The summed E-state index contributed by atoms with van der Waals surface area (Å²) in [4.78, 5) is 14.7. The average Bonchev–Trinajstić information content (AvgIpc) is 2.95. The Labute approximate surface area is 141 Å². The Hall–Kier alpha value is -2.21. The number of benzene rings is 1. The highest BCUT2D eigenvalue weighted by molar-refractivity contribution is 6.01. The monoisotopic (exact) mass is 330 g/mol. The number of hydrogen-bond acceptors (Lipinski definition) is 3. The van der Waals surface area contributed by atoms with E-state index in [0.717, 1.165) is 29.7 Å². The average molecular weight is 330 g/mol. The van der Waals surface area contributed by atoms with Crippen LogP contribution in [0, 0.1) is 12.7 Å². The fraction of sp³-hybridized carbons (Fsp3) is 0.444. The van der Waals surface area contributed by atoms with E-state index >= 15 is 0 Å². The van der Waals surface area contributed by atoms with Gasteiger partial charge in [0.1, 0.15) is 5.82 Å². The normalized spacial score (nSPS) is 20.6. The number of H-pyrrole nitrogens is 1. The number of fused-ring (bicyclic) bond motifs is 1. The minimum absolute atomic E-state index is 0.0687. The lowest BCUT2D eigenvalue weighted by Crippen LogP contribution is -2.55. The van der Waals surface area contributed by atoms with Gasteiger partial charge in [-0.15, -0.1) is 0 Å². The number of aromatic amines is 1. The standard InChI is InChI=1S/C18H23FN4O/c1-4-13(5-2)23-17-14(10(3)21-22-17)15(16(20)18(23)24)11-6-8-12(19)9-7-11/h6-9,13,15-16H,4-5,20H2,1-3H3,(H,21,22)/t15-,16-/m0/s1. The molecule has 2 heterocycles. The third-order valence-electron chi connectivity index (χ3n) is 4.93. The van der Waals surface area contributed by atoms with Crippen molar-refractivity contribution in [2.75, 3.05) is 4.90 Å². The van der Waals surface area contributed by atoms with Crippen LogP contribution in [0.15, 0.2) is 24.3 Å². The lowest BCUT2D eigenvalue weighted by molar-refractivity contribution is -0.121. The molecule has 0 saturated heterocycles. The highest BCUT2D eigenvalue weighted by Crippen LogP contribution is 2.41. The van der Waals surface area contributed by atoms with E-state index in [1.54, 1.807) is 17.0 Å². The Balaban J connectivity index is 2.15. The largest absolute Gasteiger partial charge is 0.319 e. The Morgan fingerprint density at radius 1 is 1.29 bits per heavy atom. The van der Waals surface area contributed by atoms with Crippen LogP contribution < -0.4 is 10.6 Å². The number of aromatic nitrogens is 2. The van der Waals surface area contributed by atoms with E-state index < -0.39 is 6.04 Å². The number of amides is 1. The van der Waals surface area contributed by atoms with E-state index in [9.17, 15) is 9.18 Å². The number of aryl methyl sites for hydroxylation is 1. The lowest BCUT2D eigenvalue weighted by atomic mass is 9.81. The zero-order valence-corrected chi connectivity index (χ0v) is 14.2. The summed E-state index contributed by atoms with van der Waals surface area (Å²) in [7, 11) is 0. The molecule has 2 atom stereocenters. The van der Waals surface area contributed by atoms with E-state index in [4.69, 9.17) is 5.73 Å². The first kappa shape index (κ1) is 16.6. The fourth-order valence-corrected chi connectivity index (χ4v) is 3.62. The van der Waals surface area contributed by atoms with Gasteiger partial charge in [-0.1, -0.05) is 26.0 Å². The van der Waals surface area contributed by atoms with Crippen LogP contribution in [-0.4, -0.2) is 28.2 Å². The molecule has 1 aliphatic rings. The zero-order chi connectivity index (χ0) is 17.4. The Kier molecular flexibility index (Phi) is 4.41. The number of nitrogens with two attached hydrogens (primary N) is 1. The molecule has 3 N–H and O–H groups in total. The SMILES string of the molecule is CCC(CC)N1C(=O)[C@@H](N)[C@@H](c2ccc(F)cc2)c2c1n[nH]c2C. The summed E-state index contributed by atoms with van der Waals surface area (Å²) >= 11 is 0. The van der Waals surface area contributed by atoms with Crippen LogP contribution >= 0.6 is 0 Å². The summed E-state index contributed by atoms with van der Waals surface area (Å²) in [5, 5.41) is 7.37. The van der Waals surface area contributed by atoms with Gasteiger partial charge in [0.15, 0.2) is 5.82 Å². The van der Waals surface area contributed by atoms with Crippen LogP contribution in [0.3, 0.4) is 0 Å². The molecule has 1 amide bonds. The van der Waals surface area contributed by atoms with Gasteiger partial charge in [-0.25, -0.2) is 4.39 Å². The van der Waals surface area contributed by atoms with Gasteiger partial charge in [0.2, 0.25) is 5.91 Å². The van der Waals surface area contributed by atoms with Gasteiger partial charge in [0.05, 0.1) is 6.04 Å². The number of halogens is 1. The molecule has 0 radical (unpaired) electrons. The van der Waals surface area contributed by atoms with Gasteiger partial charge in [-0.3, -0.25) is 14.8 Å². The molecule has 1 aromatic carbocycles. The quantitative estimate of drug-likeness (QED) is 0.905. The predicted molar refractivity (Wildman–Crippen MR) is 91.4 cm³/mol. The first-order valence-electron chi connectivity index (χ1n) is 8.38. The summed E-state index contributed by atoms with van der Waals surface area (Å²) < 4.78 is 13.3. The molecule has 5 nitrogen and oxygen atoms in total. The predicted octanol–water partition coefficient (Wildman–Crippen LogP) is 2.85. The molecule has 1 aromatic heterocycles. The molecule has 0 unspecified atom stereocenters. The zero-order valence-electron chi connectivity index (χ0n) is 14.2. The summed E-state index contributed by atoms with van der Waals surface area (Å²) in [6, 6.07) is 5.54. The number of rotatable bonds is 4. The smallest absolute Gasteiger partial charge is 0.246 e. The van der Waals surface area contributed by atoms with Crippen LogP contribution in [-0.2, 0) is 4.79 Å². The number of anilines is 1. The van der Waals surface area contributed by atoms with Crippen LogP contribution in [0.1, 0.15) is 49.4 Å². The third-order valence-corrected chi connectivity index (χ3v) is 4.93. The summed E-state index contributed by atoms with van der Waals surface area (Å²) in [5.41, 5.74) is 8.99. The van der Waals surface area contributed by atoms with Crippen molar-refractivity contribution in [1.82, 2.24) is 10.2 Å². The highest BCUT2D eigenvalue weighted by Gasteiger charge is 2.43. The Morgan fingerprint density at radius 2 is 1.92 bits per heavy atom. The summed E-state index contributed by atoms with van der Waals surface area (Å²) in [6.07, 6.45) is 1.67. The van der Waals surface area contributed by atoms with Crippen molar-refractivity contribution in [3.8, 4) is 0 Å². The van der Waals surface area contributed by atoms with Gasteiger partial charge in [-0.2, -0.15) is 5.10 Å². The maximum atomic E-state index is 13.3. The van der Waals surface area contributed by atoms with Crippen LogP contribution in [0.5, 0.6) is 0 Å². The Morgan fingerprint density at radius 3 is 2.50 bits per heavy atom. The van der Waals surface area contributed by atoms with Crippen LogP contribution in [0.4, 0.5) is 10.2 Å². The molecule has 0 aliphatic carbocycles. The topological polar surface area (TPSA) is 75.0 Å². The van der Waals surface area contributed by atoms with Crippen molar-refractivity contribution in [3.05, 3.63) is 46.9 Å². The Bertz CT molecular complexity index is 736. The van der Waals surface area contributed by atoms with Gasteiger partial charge in [0.25, 0.3) is 0 Å². The number of hydrogen-bond donors (Lipinski definition) is 2. The molecule has 2 aromatic rings. The first-order valence-corrected chi connectivity index (χ1v) is 8.38. The van der Waals surface area contributed by atoms with E-state index in [1.165, 1.54) is 12.1 Å². The molecule has 0 bridgehead atoms. The summed E-state index contributed by atoms with van der Waals surface area (Å²) in [6.45, 7) is 6.03. The number of carbonyl (C=O) groups is 1. The van der Waals surface area contributed by atoms with Crippen molar-refractivity contribution in [2.45, 2.75) is 51.6 Å². The van der Waals surface area contributed by atoms with Crippen LogP contribution in [0.2, 0.25) is 0 Å². The molecule has 0 spiro atoms. The molecular weight excluding hydrogens is 307 g/mol. The number of carbonyl (C=O) groups excluding carboxylic acids is 1. The third kappa shape index (κ3) is 2.51. The molecule has 0 saturated carbocycles. The van der Waals surface area contributed by atoms with Crippen molar-refractivity contribution in [2.24, 2.45) is 5.73 Å². The second-order valence-electron chi connectivity index (χ2n) is 6.32. The lowest BCUT2D eigenvalue weighted by Gasteiger charge is -2.39. The van der Waals surface area contributed by atoms with Crippen LogP contribution in [0.25, 0.3) is 0 Å². The van der Waals surface area contributed by atoms with Gasteiger partial charge >= 0.3 is 0 Å². The molecule has 24 heavy (non-hydrogen) atoms. The summed E-state index contributed by atoms with van der Waals surface area (Å²) in [5.74, 6) is -0.103. The molecule has 128 valence electrons. The second kappa shape index (κ2) is 6.36. The van der Waals surface area contributed by atoms with E-state index in [0.29, 0.717) is 5.82 Å². The van der Waals surface area contributed by atoms with Gasteiger partial charge in [0, 0.05) is 23.2 Å². The maximum Gasteiger partial charge on any atom is 0.246 e. The van der Waals surface area contributed by atoms with Gasteiger partial charge < -0.3 is 5.73 Å². The number of nitrogens with one attached hydrogen (secondary N) is 1. The molecule has 0 fully saturated rings. The van der Waals surface area contributed by atoms with E-state index in [2.05, 4.69) is 24.0 Å². The van der Waals surface area contributed by atoms with Crippen molar-refractivity contribution in [1.29, 1.82) is 0 Å². The minimum atomic E-state index is -0.708. The van der Waals surface area contributed by atoms with E-state index in [-0.39, 0.29) is 23.7 Å². The molecular formula is C18H23FN4O. The van der Waals surface area contributed by atoms with E-state index in [1.807, 2.05) is 6.92 Å². The van der Waals surface area contributed by atoms with Crippen molar-refractivity contribution in [3.63, 3.8) is 0 Å². The molecule has 3 rings (SSSR count). The highest BCUT2D eigenvalue weighted by atomic mass is 19.1. The molecule has 6 heteroatoms. The van der Waals surface area contributed by atoms with Crippen molar-refractivity contribution >= 4 is 11.7 Å². The maximum absolute atomic E-state index is 13.3. The van der Waals surface area contributed by atoms with Crippen molar-refractivity contribution < 1.29 is 9.18 Å². The van der Waals surface area contributed by atoms with Gasteiger partial charge in [-0.05, 0) is 37.5 Å². The second-order valence-corrected chi connectivity index (χ2v) is 6.32. The first-order chi connectivity index (χ1) is 11.5. The minimum Gasteiger partial charge on any atom is -0.319 e. The fourth-order valence-electron chi connectivity index (χ4n) is 3.62. The number of nitrogens with zero attached hydrogens (tertiary/aromatic N) is 2. The molecule has 1 aliphatic heterocycles.